The molecule has 1 aromatic carbocycles. The quantitative estimate of drug-likeness (QED) is 0.301. The molecular formula is C21H23Cl3N2O4S. The van der Waals surface area contributed by atoms with E-state index >= 15 is 0 Å². The number of rotatable bonds is 7. The number of thiophene rings is 1. The molecule has 0 saturated heterocycles. The number of nitrogens with one attached hydrogen (secondary N) is 2. The van der Waals surface area contributed by atoms with Crippen LogP contribution < -0.4 is 15.4 Å². The lowest BCUT2D eigenvalue weighted by Crippen LogP contribution is -2.49. The van der Waals surface area contributed by atoms with E-state index in [0.717, 1.165) is 36.1 Å². The molecule has 0 spiro atoms. The summed E-state index contributed by atoms with van der Waals surface area (Å²) in [6.07, 6.45) is 2.64. The molecule has 0 aliphatic heterocycles. The second-order valence-electron chi connectivity index (χ2n) is 6.96. The number of hydrogen-bond donors (Lipinski definition) is 2. The van der Waals surface area contributed by atoms with Crippen molar-refractivity contribution in [3.05, 3.63) is 45.8 Å². The minimum Gasteiger partial charge on any atom is -0.497 e. The Morgan fingerprint density at radius 3 is 2.45 bits per heavy atom. The fourth-order valence-electron chi connectivity index (χ4n) is 3.37. The summed E-state index contributed by atoms with van der Waals surface area (Å²) in [5.74, 6) is -0.240. The van der Waals surface area contributed by atoms with Crippen LogP contribution in [0.2, 0.25) is 0 Å². The van der Waals surface area contributed by atoms with Crippen molar-refractivity contribution in [1.29, 1.82) is 0 Å². The first-order valence-corrected chi connectivity index (χ1v) is 11.8. The number of hydrogen-bond acceptors (Lipinski definition) is 6. The van der Waals surface area contributed by atoms with E-state index in [1.807, 2.05) is 0 Å². The zero-order valence-electron chi connectivity index (χ0n) is 17.1. The standard InChI is InChI=1S/C21H23Cl3N2O4S/c1-3-30-19(28)16-14-6-4-5-7-15(14)31-18(16)26-20(21(22,23)24)25-17(27)12-8-10-13(29-2)11-9-12/h8-11,20,26H,3-7H2,1-2H3,(H,25,27)/t20-/m1/s1. The van der Waals surface area contributed by atoms with Gasteiger partial charge < -0.3 is 20.1 Å². The molecule has 1 atom stereocenters. The van der Waals surface area contributed by atoms with Crippen LogP contribution in [0.3, 0.4) is 0 Å². The second kappa shape index (κ2) is 10.3. The van der Waals surface area contributed by atoms with Crippen LogP contribution in [0.4, 0.5) is 5.00 Å². The van der Waals surface area contributed by atoms with Gasteiger partial charge in [0.1, 0.15) is 16.9 Å². The lowest BCUT2D eigenvalue weighted by atomic mass is 9.95. The van der Waals surface area contributed by atoms with Crippen molar-refractivity contribution in [3.63, 3.8) is 0 Å². The molecule has 2 N–H and O–H groups in total. The van der Waals surface area contributed by atoms with Crippen molar-refractivity contribution in [1.82, 2.24) is 5.32 Å². The Morgan fingerprint density at radius 2 is 1.84 bits per heavy atom. The Morgan fingerprint density at radius 1 is 1.16 bits per heavy atom. The highest BCUT2D eigenvalue weighted by Gasteiger charge is 2.37. The largest absolute Gasteiger partial charge is 0.497 e. The molecule has 1 amide bonds. The second-order valence-corrected chi connectivity index (χ2v) is 10.4. The van der Waals surface area contributed by atoms with E-state index < -0.39 is 21.8 Å². The van der Waals surface area contributed by atoms with E-state index in [1.54, 1.807) is 38.3 Å². The molecule has 0 unspecified atom stereocenters. The Kier molecular flexibility index (Phi) is 7.97. The molecule has 6 nitrogen and oxygen atoms in total. The maximum absolute atomic E-state index is 12.8. The summed E-state index contributed by atoms with van der Waals surface area (Å²) in [5, 5.41) is 6.30. The first kappa shape index (κ1) is 24.0. The fraction of sp³-hybridized carbons (Fsp3) is 0.429. The monoisotopic (exact) mass is 504 g/mol. The third-order valence-electron chi connectivity index (χ3n) is 4.88. The van der Waals surface area contributed by atoms with Crippen molar-refractivity contribution in [2.45, 2.75) is 42.6 Å². The number of benzene rings is 1. The minimum atomic E-state index is -1.88. The van der Waals surface area contributed by atoms with Crippen molar-refractivity contribution >= 4 is 63.0 Å². The van der Waals surface area contributed by atoms with Gasteiger partial charge in [0.2, 0.25) is 3.79 Å². The van der Waals surface area contributed by atoms with Crippen LogP contribution in [0.5, 0.6) is 5.75 Å². The lowest BCUT2D eigenvalue weighted by Gasteiger charge is -2.27. The SMILES string of the molecule is CCOC(=O)c1c(N[C@@H](NC(=O)c2ccc(OC)cc2)C(Cl)(Cl)Cl)sc2c1CCCC2. The van der Waals surface area contributed by atoms with Crippen LogP contribution in [0, 0.1) is 0 Å². The molecule has 0 bridgehead atoms. The van der Waals surface area contributed by atoms with Gasteiger partial charge >= 0.3 is 5.97 Å². The molecule has 2 aromatic rings. The first-order chi connectivity index (χ1) is 14.7. The van der Waals surface area contributed by atoms with Gasteiger partial charge in [0.25, 0.3) is 5.91 Å². The molecule has 3 rings (SSSR count). The molecular weight excluding hydrogens is 483 g/mol. The lowest BCUT2D eigenvalue weighted by molar-refractivity contribution is 0.0526. The third kappa shape index (κ3) is 5.77. The number of ether oxygens (including phenoxy) is 2. The number of methoxy groups -OCH3 is 1. The van der Waals surface area contributed by atoms with Gasteiger partial charge in [-0.25, -0.2) is 4.79 Å². The van der Waals surface area contributed by atoms with Crippen LogP contribution in [0.25, 0.3) is 0 Å². The number of carbonyl (C=O) groups is 2. The predicted molar refractivity (Wildman–Crippen MR) is 125 cm³/mol. The average Bonchev–Trinajstić information content (AvgIpc) is 3.11. The number of aryl methyl sites for hydroxylation is 1. The maximum Gasteiger partial charge on any atom is 0.341 e. The normalized spacial score (nSPS) is 14.4. The molecule has 1 heterocycles. The third-order valence-corrected chi connectivity index (χ3v) is 6.76. The van der Waals surface area contributed by atoms with E-state index in [9.17, 15) is 9.59 Å². The van der Waals surface area contributed by atoms with Gasteiger partial charge in [0.05, 0.1) is 19.3 Å². The highest BCUT2D eigenvalue weighted by Crippen LogP contribution is 2.41. The summed E-state index contributed by atoms with van der Waals surface area (Å²) >= 11 is 19.9. The minimum absolute atomic E-state index is 0.255. The zero-order valence-corrected chi connectivity index (χ0v) is 20.2. The van der Waals surface area contributed by atoms with Crippen LogP contribution in [-0.2, 0) is 17.6 Å². The molecule has 1 aliphatic carbocycles. The first-order valence-electron chi connectivity index (χ1n) is 9.84. The molecule has 168 valence electrons. The molecule has 31 heavy (non-hydrogen) atoms. The van der Waals surface area contributed by atoms with E-state index in [4.69, 9.17) is 44.3 Å². The number of anilines is 1. The van der Waals surface area contributed by atoms with Gasteiger partial charge in [-0.05, 0) is 62.4 Å². The van der Waals surface area contributed by atoms with E-state index in [2.05, 4.69) is 10.6 Å². The highest BCUT2D eigenvalue weighted by atomic mass is 35.6. The van der Waals surface area contributed by atoms with Crippen LogP contribution >= 0.6 is 46.1 Å². The van der Waals surface area contributed by atoms with Crippen LogP contribution in [0.1, 0.15) is 50.9 Å². The summed E-state index contributed by atoms with van der Waals surface area (Å²) in [6.45, 7) is 2.01. The van der Waals surface area contributed by atoms with Crippen molar-refractivity contribution in [2.24, 2.45) is 0 Å². The average molecular weight is 506 g/mol. The number of fused-ring (bicyclic) bond motifs is 1. The molecule has 10 heteroatoms. The van der Waals surface area contributed by atoms with Crippen LogP contribution in [0.15, 0.2) is 24.3 Å². The Hall–Kier alpha value is -1.67. The topological polar surface area (TPSA) is 76.7 Å². The van der Waals surface area contributed by atoms with Crippen molar-refractivity contribution in [3.8, 4) is 5.75 Å². The van der Waals surface area contributed by atoms with Crippen molar-refractivity contribution in [2.75, 3.05) is 19.0 Å². The number of carbonyl (C=O) groups excluding carboxylic acids is 2. The van der Waals surface area contributed by atoms with E-state index in [0.29, 0.717) is 21.9 Å². The number of esters is 1. The van der Waals surface area contributed by atoms with Gasteiger partial charge in [0, 0.05) is 10.4 Å². The van der Waals surface area contributed by atoms with Crippen molar-refractivity contribution < 1.29 is 19.1 Å². The zero-order chi connectivity index (χ0) is 22.6. The summed E-state index contributed by atoms with van der Waals surface area (Å²) in [4.78, 5) is 26.5. The summed E-state index contributed by atoms with van der Waals surface area (Å²) in [6, 6.07) is 6.55. The van der Waals surface area contributed by atoms with Gasteiger partial charge in [0.15, 0.2) is 0 Å². The predicted octanol–water partition coefficient (Wildman–Crippen LogP) is 5.35. The number of halogens is 3. The molecule has 1 aromatic heterocycles. The van der Waals surface area contributed by atoms with Gasteiger partial charge in [-0.1, -0.05) is 34.8 Å². The fourth-order valence-corrected chi connectivity index (χ4v) is 5.01. The molecule has 0 saturated carbocycles. The van der Waals surface area contributed by atoms with Crippen LogP contribution in [-0.4, -0.2) is 35.6 Å². The van der Waals surface area contributed by atoms with Gasteiger partial charge in [-0.2, -0.15) is 0 Å². The molecule has 1 aliphatic rings. The van der Waals surface area contributed by atoms with E-state index in [1.165, 1.54) is 11.3 Å². The Balaban J connectivity index is 1.88. The maximum atomic E-state index is 12.8. The van der Waals surface area contributed by atoms with Gasteiger partial charge in [-0.15, -0.1) is 11.3 Å². The number of amides is 1. The summed E-state index contributed by atoms with van der Waals surface area (Å²) < 4.78 is 8.49. The Bertz CT molecular complexity index is 941. The van der Waals surface area contributed by atoms with E-state index in [-0.39, 0.29) is 6.61 Å². The molecule has 0 radical (unpaired) electrons. The summed E-state index contributed by atoms with van der Waals surface area (Å²) in [7, 11) is 1.54. The molecule has 0 fully saturated rings. The Labute approximate surface area is 200 Å². The van der Waals surface area contributed by atoms with Gasteiger partial charge in [-0.3, -0.25) is 4.79 Å². The number of alkyl halides is 3. The highest BCUT2D eigenvalue weighted by molar-refractivity contribution is 7.16. The smallest absolute Gasteiger partial charge is 0.341 e. The summed E-state index contributed by atoms with van der Waals surface area (Å²) in [5.41, 5.74) is 1.80.